The maximum Gasteiger partial charge on any atom is 0.416 e. The predicted molar refractivity (Wildman–Crippen MR) is 308 cm³/mol. The van der Waals surface area contributed by atoms with Gasteiger partial charge >= 0.3 is 18.3 Å². The van der Waals surface area contributed by atoms with Gasteiger partial charge < -0.3 is 25.1 Å². The van der Waals surface area contributed by atoms with E-state index in [0.29, 0.717) is 48.1 Å². The Morgan fingerprint density at radius 2 is 1.16 bits per heavy atom. The molecule has 2 saturated heterocycles. The number of carbonyl (C=O) groups is 1. The maximum absolute atomic E-state index is 15.9. The topological polar surface area (TPSA) is 165 Å². The largest absolute Gasteiger partial charge is 0.480 e. The summed E-state index contributed by atoms with van der Waals surface area (Å²) in [5, 5.41) is 30.4. The highest BCUT2D eigenvalue weighted by atomic mass is 35.5. The molecule has 0 aromatic heterocycles. The number of β-amino-alcohol motifs (C(OH)–C–C–N with tert-alkyl or cyclic N) is 1. The molecule has 0 spiro atoms. The molecule has 3 N–H and O–H groups in total. The van der Waals surface area contributed by atoms with Crippen molar-refractivity contribution in [3.63, 3.8) is 0 Å². The molecule has 0 aliphatic carbocycles. The molecule has 2 fully saturated rings. The number of benzene rings is 6. The highest BCUT2D eigenvalue weighted by molar-refractivity contribution is 7.93. The van der Waals surface area contributed by atoms with Crippen LogP contribution in [0.5, 0.6) is 0 Å². The minimum absolute atomic E-state index is 0.0212. The normalized spacial score (nSPS) is 19.5. The summed E-state index contributed by atoms with van der Waals surface area (Å²) in [6.45, 7) is 0.942. The van der Waals surface area contributed by atoms with Crippen molar-refractivity contribution in [2.45, 2.75) is 60.2 Å². The highest BCUT2D eigenvalue weighted by Gasteiger charge is 2.48. The number of rotatable bonds is 14. The molecule has 450 valence electrons. The van der Waals surface area contributed by atoms with Crippen LogP contribution < -0.4 is 18.4 Å². The lowest BCUT2D eigenvalue weighted by molar-refractivity contribution is -0.140. The van der Waals surface area contributed by atoms with Crippen molar-refractivity contribution in [3.8, 4) is 0 Å². The Hall–Kier alpha value is -6.77. The predicted octanol–water partition coefficient (Wildman–Crippen LogP) is 11.0. The van der Waals surface area contributed by atoms with Crippen LogP contribution in [0.2, 0.25) is 10.0 Å². The van der Waals surface area contributed by atoms with E-state index in [4.69, 9.17) is 23.2 Å². The molecule has 4 aliphatic heterocycles. The number of carboxylic acid groups (broad SMARTS) is 1. The van der Waals surface area contributed by atoms with Gasteiger partial charge in [-0.3, -0.25) is 23.2 Å². The van der Waals surface area contributed by atoms with E-state index in [1.165, 1.54) is 71.6 Å². The molecule has 85 heavy (non-hydrogen) atoms. The third-order valence-corrected chi connectivity index (χ3v) is 19.9. The molecule has 4 heterocycles. The zero-order valence-electron chi connectivity index (χ0n) is 45.2. The molecule has 4 atom stereocenters. The summed E-state index contributed by atoms with van der Waals surface area (Å²) in [6, 6.07) is 19.7. The van der Waals surface area contributed by atoms with Crippen LogP contribution in [0.1, 0.15) is 58.8 Å². The second-order valence-electron chi connectivity index (χ2n) is 21.3. The van der Waals surface area contributed by atoms with Crippen LogP contribution in [-0.2, 0) is 37.2 Å². The van der Waals surface area contributed by atoms with Crippen LogP contribution in [0.3, 0.4) is 0 Å². The number of allylic oxidation sites excluding steroid dienone is 2. The minimum atomic E-state index is -5.29. The molecule has 4 aliphatic rings. The van der Waals surface area contributed by atoms with Gasteiger partial charge in [0.2, 0.25) is 0 Å². The van der Waals surface area contributed by atoms with Crippen LogP contribution in [0.25, 0.3) is 23.3 Å². The zero-order chi connectivity index (χ0) is 61.2. The first kappa shape index (κ1) is 61.3. The number of fused-ring (bicyclic) bond motifs is 6. The Kier molecular flexibility index (Phi) is 16.9. The molecule has 0 saturated carbocycles. The summed E-state index contributed by atoms with van der Waals surface area (Å²) in [5.41, 5.74) is -1.36. The number of halogens is 10. The fourth-order valence-electron chi connectivity index (χ4n) is 11.9. The first-order chi connectivity index (χ1) is 40.0. The lowest BCUT2D eigenvalue weighted by Crippen LogP contribution is -2.62. The van der Waals surface area contributed by atoms with Gasteiger partial charge in [-0.1, -0.05) is 71.8 Å². The van der Waals surface area contributed by atoms with Crippen LogP contribution in [0, 0.1) is 11.6 Å². The first-order valence-corrected chi connectivity index (χ1v) is 30.2. The van der Waals surface area contributed by atoms with Crippen molar-refractivity contribution in [2.75, 3.05) is 83.9 Å². The van der Waals surface area contributed by atoms with E-state index in [1.54, 1.807) is 37.0 Å². The van der Waals surface area contributed by atoms with Crippen molar-refractivity contribution in [1.29, 1.82) is 0 Å². The smallest absolute Gasteiger partial charge is 0.416 e. The highest BCUT2D eigenvalue weighted by Crippen LogP contribution is 2.48. The van der Waals surface area contributed by atoms with Crippen molar-refractivity contribution in [1.82, 2.24) is 9.80 Å². The van der Waals surface area contributed by atoms with Gasteiger partial charge in [0.1, 0.15) is 11.6 Å². The van der Waals surface area contributed by atoms with Gasteiger partial charge in [0.25, 0.3) is 20.0 Å². The molecule has 6 aromatic rings. The number of hydrogen-bond donors (Lipinski definition) is 3. The van der Waals surface area contributed by atoms with E-state index in [-0.39, 0.29) is 69.0 Å². The summed E-state index contributed by atoms with van der Waals surface area (Å²) in [5.74, 6) is -2.77. The van der Waals surface area contributed by atoms with Gasteiger partial charge in [-0.15, -0.1) is 0 Å². The monoisotopic (exact) mass is 1260 g/mol. The second kappa shape index (κ2) is 23.5. The number of sulfonamides is 2. The Labute approximate surface area is 494 Å². The third kappa shape index (κ3) is 12.2. The second-order valence-corrected chi connectivity index (χ2v) is 25.8. The van der Waals surface area contributed by atoms with Crippen LogP contribution in [0.15, 0.2) is 125 Å². The Morgan fingerprint density at radius 3 is 1.68 bits per heavy atom. The lowest BCUT2D eigenvalue weighted by Gasteiger charge is -2.52. The zero-order valence-corrected chi connectivity index (χ0v) is 48.3. The minimum Gasteiger partial charge on any atom is -0.480 e. The average Bonchev–Trinajstić information content (AvgIpc) is 1.24. The fourth-order valence-corrected chi connectivity index (χ4v) is 15.6. The molecule has 0 radical (unpaired) electrons. The number of aliphatic hydroxyl groups is 2. The van der Waals surface area contributed by atoms with E-state index in [2.05, 4.69) is 0 Å². The summed E-state index contributed by atoms with van der Waals surface area (Å²) in [4.78, 5) is 17.7. The number of anilines is 4. The van der Waals surface area contributed by atoms with Gasteiger partial charge in [-0.2, -0.15) is 26.3 Å². The van der Waals surface area contributed by atoms with Crippen LogP contribution in [-0.4, -0.2) is 132 Å². The van der Waals surface area contributed by atoms with Crippen LogP contribution in [0.4, 0.5) is 57.9 Å². The Balaban J connectivity index is 1.07. The third-order valence-electron chi connectivity index (χ3n) is 15.7. The van der Waals surface area contributed by atoms with E-state index in [0.717, 1.165) is 32.9 Å². The number of carboxylic acids is 1. The van der Waals surface area contributed by atoms with Gasteiger partial charge in [0.05, 0.1) is 104 Å². The van der Waals surface area contributed by atoms with Gasteiger partial charge in [-0.25, -0.2) is 25.6 Å². The molecular formula is C59H54Cl2F8N6O8S2. The molecule has 6 aromatic carbocycles. The molecule has 0 bridgehead atoms. The number of aliphatic carboxylic acids is 1. The number of aliphatic hydroxyl groups excluding tert-OH is 2. The SMILES string of the molecule is C/C(=C\c1ccc2c(c1)N(S(=O)(=O)c1ccc(C3CN4c5ccc(/C=C(\C)c6c(F)cccc6Cl)cc5N(S(=O)(=O)c5cccc(C(F)(F)F)c5)C[C@@H]4CN3CC(=O)O)c(C(F)(F)F)c1)C[C@@H]1CN(C[C@@H](O)CO)CCN21)c1c(F)cccc1Cl. The number of nitrogens with zero attached hydrogens (tertiary/aromatic N) is 6. The quantitative estimate of drug-likeness (QED) is 0.0699. The molecular weight excluding hydrogens is 1210 g/mol. The Morgan fingerprint density at radius 1 is 0.635 bits per heavy atom. The van der Waals surface area contributed by atoms with E-state index < -0.39 is 133 Å². The number of hydrogen-bond acceptors (Lipinski definition) is 11. The van der Waals surface area contributed by atoms with Gasteiger partial charge in [-0.05, 0) is 121 Å². The van der Waals surface area contributed by atoms with Gasteiger partial charge in [0.15, 0.2) is 0 Å². The summed E-state index contributed by atoms with van der Waals surface area (Å²) in [6.07, 6.45) is -8.29. The molecule has 26 heteroatoms. The molecule has 14 nitrogen and oxygen atoms in total. The first-order valence-electron chi connectivity index (χ1n) is 26.5. The summed E-state index contributed by atoms with van der Waals surface area (Å²) < 4.78 is 182. The van der Waals surface area contributed by atoms with E-state index >= 15 is 30.4 Å². The molecule has 1 unspecified atom stereocenters. The van der Waals surface area contributed by atoms with Crippen molar-refractivity contribution < 1.29 is 72.1 Å². The van der Waals surface area contributed by atoms with Crippen molar-refractivity contribution in [3.05, 3.63) is 176 Å². The molecule has 10 rings (SSSR count). The number of piperazine rings is 2. The lowest BCUT2D eigenvalue weighted by atomic mass is 9.92. The summed E-state index contributed by atoms with van der Waals surface area (Å²) >= 11 is 12.8. The maximum atomic E-state index is 15.9. The van der Waals surface area contributed by atoms with Crippen molar-refractivity contribution >= 4 is 95.3 Å². The Bertz CT molecular complexity index is 3870. The standard InChI is InChI=1S/C59H54Cl2F8N6O8S2/c1-34(56-46(60)8-4-10-48(56)62)20-36-12-16-50-52(22-36)74(28-39-26-70(18-19-72(39)50)30-41(77)33-76)85(82,83)43-14-15-44(45(25-43)59(67,68)69)54-31-73-40(27-71(54)32-55(78)79)29-75(84(80,81)42-7-3-6-38(24-42)58(64,65)66)53-23-37(13-17-51(53)73)21-35(2)57-47(61)9-5-11-49(57)63/h3-17,20-25,39-41,54,76-77H,18-19,26-33H2,1-2H3,(H,78,79)/b34-20+,35-21+/t39-,40-,41+,54?/m0/s1. The molecule has 0 amide bonds. The fraction of sp³-hybridized carbons (Fsp3) is 0.305. The van der Waals surface area contributed by atoms with Crippen molar-refractivity contribution in [2.24, 2.45) is 0 Å². The van der Waals surface area contributed by atoms with Gasteiger partial charge in [0, 0.05) is 50.4 Å². The summed E-state index contributed by atoms with van der Waals surface area (Å²) in [7, 11) is -9.89. The number of alkyl halides is 6. The van der Waals surface area contributed by atoms with Crippen LogP contribution >= 0.6 is 23.2 Å². The van der Waals surface area contributed by atoms with E-state index in [1.807, 2.05) is 9.80 Å². The van der Waals surface area contributed by atoms with E-state index in [9.17, 15) is 41.7 Å². The average molecular weight is 1260 g/mol.